The average molecular weight is 155 g/mol. The van der Waals surface area contributed by atoms with E-state index in [4.69, 9.17) is 4.84 Å². The van der Waals surface area contributed by atoms with Gasteiger partial charge in [-0.15, -0.1) is 0 Å². The van der Waals surface area contributed by atoms with Crippen LogP contribution in [-0.2, 0) is 4.84 Å². The molecule has 2 atom stereocenters. The van der Waals surface area contributed by atoms with E-state index in [0.717, 1.165) is 12.1 Å². The molecule has 1 aliphatic rings. The fourth-order valence-corrected chi connectivity index (χ4v) is 1.23. The van der Waals surface area contributed by atoms with Gasteiger partial charge in [0, 0.05) is 6.42 Å². The van der Waals surface area contributed by atoms with Crippen LogP contribution >= 0.6 is 0 Å². The minimum Gasteiger partial charge on any atom is -0.392 e. The average Bonchev–Trinajstić information content (AvgIpc) is 2.34. The third-order valence-electron chi connectivity index (χ3n) is 2.48. The Labute approximate surface area is 68.6 Å². The van der Waals surface area contributed by atoms with Gasteiger partial charge in [0.1, 0.15) is 6.10 Å². The lowest BCUT2D eigenvalue weighted by atomic mass is 9.90. The molecular weight excluding hydrogens is 138 g/mol. The van der Waals surface area contributed by atoms with Gasteiger partial charge < -0.3 is 4.84 Å². The van der Waals surface area contributed by atoms with E-state index in [9.17, 15) is 0 Å². The molecule has 1 heterocycles. The number of nitrogens with zero attached hydrogens (tertiary/aromatic N) is 1. The quantitative estimate of drug-likeness (QED) is 0.600. The van der Waals surface area contributed by atoms with Crippen molar-refractivity contribution in [3.05, 3.63) is 0 Å². The van der Waals surface area contributed by atoms with Crippen LogP contribution in [0.2, 0.25) is 0 Å². The van der Waals surface area contributed by atoms with Gasteiger partial charge in [-0.1, -0.05) is 25.9 Å². The third kappa shape index (κ3) is 1.95. The van der Waals surface area contributed by atoms with Crippen LogP contribution < -0.4 is 0 Å². The van der Waals surface area contributed by atoms with Crippen LogP contribution in [0.4, 0.5) is 0 Å². The molecule has 0 bridgehead atoms. The lowest BCUT2D eigenvalue weighted by molar-refractivity contribution is 0.0307. The van der Waals surface area contributed by atoms with Crippen LogP contribution in [0.25, 0.3) is 0 Å². The first-order valence-corrected chi connectivity index (χ1v) is 4.30. The van der Waals surface area contributed by atoms with Crippen molar-refractivity contribution < 1.29 is 4.84 Å². The number of hydrogen-bond acceptors (Lipinski definition) is 2. The first kappa shape index (κ1) is 8.57. The summed E-state index contributed by atoms with van der Waals surface area (Å²) in [5.41, 5.74) is 1.13. The second-order valence-corrected chi connectivity index (χ2v) is 3.78. The molecule has 0 N–H and O–H groups in total. The second kappa shape index (κ2) is 3.24. The van der Waals surface area contributed by atoms with Crippen LogP contribution in [0.15, 0.2) is 5.16 Å². The largest absolute Gasteiger partial charge is 0.392 e. The van der Waals surface area contributed by atoms with Crippen molar-refractivity contribution in [2.45, 2.75) is 40.2 Å². The Morgan fingerprint density at radius 1 is 1.45 bits per heavy atom. The van der Waals surface area contributed by atoms with Crippen molar-refractivity contribution in [3.63, 3.8) is 0 Å². The van der Waals surface area contributed by atoms with Crippen molar-refractivity contribution in [1.29, 1.82) is 0 Å². The Bertz CT molecular complexity index is 163. The smallest absolute Gasteiger partial charge is 0.135 e. The molecule has 2 nitrogen and oxygen atoms in total. The van der Waals surface area contributed by atoms with E-state index < -0.39 is 0 Å². The fourth-order valence-electron chi connectivity index (χ4n) is 1.23. The van der Waals surface area contributed by atoms with Gasteiger partial charge in [-0.3, -0.25) is 0 Å². The van der Waals surface area contributed by atoms with Crippen LogP contribution in [-0.4, -0.2) is 11.8 Å². The van der Waals surface area contributed by atoms with Gasteiger partial charge in [-0.25, -0.2) is 0 Å². The van der Waals surface area contributed by atoms with Crippen LogP contribution in [0.1, 0.15) is 34.1 Å². The van der Waals surface area contributed by atoms with E-state index in [1.807, 2.05) is 6.92 Å². The van der Waals surface area contributed by atoms with Crippen LogP contribution in [0.3, 0.4) is 0 Å². The highest BCUT2D eigenvalue weighted by atomic mass is 16.6. The molecule has 1 aliphatic heterocycles. The topological polar surface area (TPSA) is 21.6 Å². The highest BCUT2D eigenvalue weighted by Crippen LogP contribution is 2.24. The number of hydrogen-bond donors (Lipinski definition) is 0. The SMILES string of the molecule is CC1=NOC(C(C)C(C)C)C1. The highest BCUT2D eigenvalue weighted by Gasteiger charge is 2.26. The summed E-state index contributed by atoms with van der Waals surface area (Å²) >= 11 is 0. The molecule has 0 aromatic carbocycles. The standard InChI is InChI=1S/C9H17NO/c1-6(2)8(4)9-5-7(3)10-11-9/h6,8-9H,5H2,1-4H3. The minimum atomic E-state index is 0.329. The Morgan fingerprint density at radius 3 is 2.45 bits per heavy atom. The summed E-state index contributed by atoms with van der Waals surface area (Å²) in [6.45, 7) is 8.69. The van der Waals surface area contributed by atoms with Crippen molar-refractivity contribution >= 4 is 5.71 Å². The summed E-state index contributed by atoms with van der Waals surface area (Å²) in [5.74, 6) is 1.29. The van der Waals surface area contributed by atoms with E-state index >= 15 is 0 Å². The summed E-state index contributed by atoms with van der Waals surface area (Å²) in [7, 11) is 0. The molecule has 0 spiro atoms. The fraction of sp³-hybridized carbons (Fsp3) is 0.889. The van der Waals surface area contributed by atoms with Gasteiger partial charge >= 0.3 is 0 Å². The molecule has 0 aromatic heterocycles. The normalized spacial score (nSPS) is 26.6. The molecule has 0 saturated carbocycles. The monoisotopic (exact) mass is 155 g/mol. The Balaban J connectivity index is 2.40. The van der Waals surface area contributed by atoms with E-state index in [1.54, 1.807) is 0 Å². The van der Waals surface area contributed by atoms with Crippen LogP contribution in [0, 0.1) is 11.8 Å². The molecule has 0 aliphatic carbocycles. The molecule has 0 radical (unpaired) electrons. The van der Waals surface area contributed by atoms with E-state index in [-0.39, 0.29) is 0 Å². The zero-order valence-corrected chi connectivity index (χ0v) is 7.79. The summed E-state index contributed by atoms with van der Waals surface area (Å²) in [4.78, 5) is 5.28. The zero-order chi connectivity index (χ0) is 8.43. The van der Waals surface area contributed by atoms with Crippen molar-refractivity contribution in [3.8, 4) is 0 Å². The maximum absolute atomic E-state index is 5.28. The van der Waals surface area contributed by atoms with Crippen molar-refractivity contribution in [2.24, 2.45) is 17.0 Å². The van der Waals surface area contributed by atoms with Gasteiger partial charge in [-0.2, -0.15) is 0 Å². The molecule has 2 unspecified atom stereocenters. The lowest BCUT2D eigenvalue weighted by Gasteiger charge is -2.20. The minimum absolute atomic E-state index is 0.329. The number of rotatable bonds is 2. The van der Waals surface area contributed by atoms with Crippen molar-refractivity contribution in [2.75, 3.05) is 0 Å². The molecule has 64 valence electrons. The molecule has 11 heavy (non-hydrogen) atoms. The maximum atomic E-state index is 5.28. The molecule has 2 heteroatoms. The first-order valence-electron chi connectivity index (χ1n) is 4.30. The highest BCUT2D eigenvalue weighted by molar-refractivity contribution is 5.82. The Kier molecular flexibility index (Phi) is 2.53. The predicted octanol–water partition coefficient (Wildman–Crippen LogP) is 2.44. The molecule has 0 amide bonds. The second-order valence-electron chi connectivity index (χ2n) is 3.78. The van der Waals surface area contributed by atoms with E-state index in [2.05, 4.69) is 25.9 Å². The van der Waals surface area contributed by atoms with E-state index in [1.165, 1.54) is 0 Å². The van der Waals surface area contributed by atoms with E-state index in [0.29, 0.717) is 17.9 Å². The Morgan fingerprint density at radius 2 is 2.09 bits per heavy atom. The molecule has 0 saturated heterocycles. The maximum Gasteiger partial charge on any atom is 0.135 e. The molecular formula is C9H17NO. The van der Waals surface area contributed by atoms with Gasteiger partial charge in [0.15, 0.2) is 0 Å². The molecule has 1 rings (SSSR count). The third-order valence-corrected chi connectivity index (χ3v) is 2.48. The first-order chi connectivity index (χ1) is 5.11. The van der Waals surface area contributed by atoms with Crippen LogP contribution in [0.5, 0.6) is 0 Å². The van der Waals surface area contributed by atoms with Gasteiger partial charge in [-0.05, 0) is 18.8 Å². The molecule has 0 aromatic rings. The summed E-state index contributed by atoms with van der Waals surface area (Å²) < 4.78 is 0. The molecule has 0 fully saturated rings. The Hall–Kier alpha value is -0.530. The predicted molar refractivity (Wildman–Crippen MR) is 46.6 cm³/mol. The summed E-state index contributed by atoms with van der Waals surface area (Å²) in [6.07, 6.45) is 1.34. The summed E-state index contributed by atoms with van der Waals surface area (Å²) in [6, 6.07) is 0. The van der Waals surface area contributed by atoms with Gasteiger partial charge in [0.2, 0.25) is 0 Å². The van der Waals surface area contributed by atoms with Gasteiger partial charge in [0.05, 0.1) is 5.71 Å². The van der Waals surface area contributed by atoms with Crippen molar-refractivity contribution in [1.82, 2.24) is 0 Å². The van der Waals surface area contributed by atoms with Gasteiger partial charge in [0.25, 0.3) is 0 Å². The zero-order valence-electron chi connectivity index (χ0n) is 7.79. The summed E-state index contributed by atoms with van der Waals surface area (Å²) in [5, 5.41) is 3.94. The number of oxime groups is 1. The lowest BCUT2D eigenvalue weighted by Crippen LogP contribution is -2.22.